The van der Waals surface area contributed by atoms with Gasteiger partial charge in [0.25, 0.3) is 0 Å². The Morgan fingerprint density at radius 1 is 1.39 bits per heavy atom. The lowest BCUT2D eigenvalue weighted by molar-refractivity contribution is -0.157. The zero-order chi connectivity index (χ0) is 16.7. The van der Waals surface area contributed by atoms with Crippen LogP contribution >= 0.6 is 11.8 Å². The van der Waals surface area contributed by atoms with Crippen LogP contribution in [0.25, 0.3) is 0 Å². The van der Waals surface area contributed by atoms with Gasteiger partial charge < -0.3 is 15.7 Å². The summed E-state index contributed by atoms with van der Waals surface area (Å²) < 4.78 is 0. The lowest BCUT2D eigenvalue weighted by atomic mass is 9.78. The zero-order valence-corrected chi connectivity index (χ0v) is 13.9. The third kappa shape index (κ3) is 2.56. The molecule has 2 aliphatic rings. The summed E-state index contributed by atoms with van der Waals surface area (Å²) in [6, 6.07) is 9.52. The van der Waals surface area contributed by atoms with Gasteiger partial charge in [-0.25, -0.2) is 4.79 Å². The Morgan fingerprint density at radius 2 is 2.04 bits per heavy atom. The number of benzene rings is 1. The molecule has 4 atom stereocenters. The van der Waals surface area contributed by atoms with Crippen molar-refractivity contribution in [2.24, 2.45) is 17.6 Å². The maximum absolute atomic E-state index is 12.3. The molecule has 2 heterocycles. The number of nitrogens with two attached hydrogens (primary N) is 1. The first-order chi connectivity index (χ1) is 10.9. The molecule has 0 aromatic heterocycles. The Bertz CT molecular complexity index is 672. The quantitative estimate of drug-likeness (QED) is 0.806. The largest absolute Gasteiger partial charge is 0.477 e. The molecule has 1 aromatic carbocycles. The van der Waals surface area contributed by atoms with Gasteiger partial charge in [0.05, 0.1) is 12.0 Å². The summed E-state index contributed by atoms with van der Waals surface area (Å²) >= 11 is 1.51. The molecule has 1 amide bonds. The van der Waals surface area contributed by atoms with Crippen LogP contribution in [0.3, 0.4) is 0 Å². The number of carbonyl (C=O) groups is 2. The van der Waals surface area contributed by atoms with E-state index in [-0.39, 0.29) is 35.5 Å². The predicted octanol–water partition coefficient (Wildman–Crippen LogP) is 2.04. The van der Waals surface area contributed by atoms with Crippen LogP contribution < -0.4 is 5.73 Å². The molecule has 6 heteroatoms. The molecule has 3 rings (SSSR count). The maximum Gasteiger partial charge on any atom is 0.353 e. The Hall–Kier alpha value is -1.79. The minimum atomic E-state index is -1.04. The van der Waals surface area contributed by atoms with Gasteiger partial charge in [0.2, 0.25) is 5.91 Å². The summed E-state index contributed by atoms with van der Waals surface area (Å²) in [6.07, 6.45) is 0. The van der Waals surface area contributed by atoms with Gasteiger partial charge in [-0.15, -0.1) is 11.8 Å². The van der Waals surface area contributed by atoms with Crippen molar-refractivity contribution in [2.75, 3.05) is 0 Å². The monoisotopic (exact) mass is 332 g/mol. The molecule has 1 fully saturated rings. The number of rotatable bonds is 5. The van der Waals surface area contributed by atoms with Crippen LogP contribution in [0.2, 0.25) is 0 Å². The number of nitrogens with zero attached hydrogens (tertiary/aromatic N) is 1. The number of β-lactam (4-membered cyclic amide) rings is 1. The highest BCUT2D eigenvalue weighted by Crippen LogP contribution is 2.50. The molecule has 0 bridgehead atoms. The summed E-state index contributed by atoms with van der Waals surface area (Å²) in [7, 11) is 0. The van der Waals surface area contributed by atoms with Crippen LogP contribution in [0.15, 0.2) is 40.9 Å². The summed E-state index contributed by atoms with van der Waals surface area (Å²) in [5.41, 5.74) is 7.19. The summed E-state index contributed by atoms with van der Waals surface area (Å²) in [4.78, 5) is 26.2. The number of thioether (sulfide) groups is 1. The van der Waals surface area contributed by atoms with Crippen molar-refractivity contribution in [1.82, 2.24) is 4.90 Å². The number of carboxylic acid groups (broad SMARTS) is 1. The normalized spacial score (nSPS) is 27.7. The van der Waals surface area contributed by atoms with Crippen LogP contribution in [0.4, 0.5) is 0 Å². The van der Waals surface area contributed by atoms with Gasteiger partial charge in [-0.2, -0.15) is 0 Å². The van der Waals surface area contributed by atoms with E-state index in [9.17, 15) is 14.7 Å². The van der Waals surface area contributed by atoms with E-state index in [1.165, 1.54) is 16.7 Å². The summed E-state index contributed by atoms with van der Waals surface area (Å²) in [6.45, 7) is 3.80. The number of aliphatic carboxylic acids is 1. The maximum atomic E-state index is 12.3. The summed E-state index contributed by atoms with van der Waals surface area (Å²) in [5, 5.41) is 9.57. The Morgan fingerprint density at radius 3 is 2.61 bits per heavy atom. The van der Waals surface area contributed by atoms with Crippen molar-refractivity contribution in [1.29, 1.82) is 0 Å². The lowest BCUT2D eigenvalue weighted by Gasteiger charge is -2.46. The molecule has 0 spiro atoms. The smallest absolute Gasteiger partial charge is 0.353 e. The fraction of sp³-hybridized carbons (Fsp3) is 0.412. The predicted molar refractivity (Wildman–Crippen MR) is 89.3 cm³/mol. The fourth-order valence-corrected chi connectivity index (χ4v) is 4.73. The topological polar surface area (TPSA) is 83.6 Å². The highest BCUT2D eigenvalue weighted by Gasteiger charge is 2.59. The van der Waals surface area contributed by atoms with E-state index in [4.69, 9.17) is 5.73 Å². The van der Waals surface area contributed by atoms with Crippen molar-refractivity contribution >= 4 is 23.6 Å². The number of hydrogen-bond donors (Lipinski definition) is 2. The van der Waals surface area contributed by atoms with Crippen LogP contribution in [-0.4, -0.2) is 34.0 Å². The Balaban J connectivity index is 1.86. The average Bonchev–Trinajstić information content (AvgIpc) is 2.75. The molecular weight excluding hydrogens is 312 g/mol. The third-order valence-corrected chi connectivity index (χ3v) is 5.95. The van der Waals surface area contributed by atoms with E-state index in [0.717, 1.165) is 10.5 Å². The van der Waals surface area contributed by atoms with Gasteiger partial charge in [0.15, 0.2) is 0 Å². The number of carbonyl (C=O) groups excluding carboxylic acids is 1. The van der Waals surface area contributed by atoms with Gasteiger partial charge in [-0.1, -0.05) is 37.3 Å². The minimum absolute atomic E-state index is 0.00325. The second kappa shape index (κ2) is 6.02. The van der Waals surface area contributed by atoms with Crippen molar-refractivity contribution in [3.05, 3.63) is 46.5 Å². The van der Waals surface area contributed by atoms with E-state index in [1.54, 1.807) is 0 Å². The molecule has 0 unspecified atom stereocenters. The van der Waals surface area contributed by atoms with E-state index < -0.39 is 5.97 Å². The van der Waals surface area contributed by atoms with E-state index in [1.807, 2.05) is 44.2 Å². The Labute approximate surface area is 139 Å². The fourth-order valence-electron chi connectivity index (χ4n) is 3.49. The van der Waals surface area contributed by atoms with Gasteiger partial charge in [-0.05, 0) is 12.5 Å². The van der Waals surface area contributed by atoms with E-state index in [0.29, 0.717) is 5.75 Å². The minimum Gasteiger partial charge on any atom is -0.477 e. The highest BCUT2D eigenvalue weighted by molar-refractivity contribution is 8.02. The molecule has 0 saturated carbocycles. The molecule has 23 heavy (non-hydrogen) atoms. The second-order valence-electron chi connectivity index (χ2n) is 6.16. The third-order valence-electron chi connectivity index (χ3n) is 4.60. The number of carboxylic acids is 1. The molecule has 1 aromatic rings. The van der Waals surface area contributed by atoms with Crippen molar-refractivity contribution in [3.8, 4) is 0 Å². The summed E-state index contributed by atoms with van der Waals surface area (Å²) in [5.74, 6) is -0.789. The Kier molecular flexibility index (Phi) is 4.21. The van der Waals surface area contributed by atoms with Gasteiger partial charge >= 0.3 is 5.97 Å². The van der Waals surface area contributed by atoms with Crippen molar-refractivity contribution in [2.45, 2.75) is 31.7 Å². The highest BCUT2D eigenvalue weighted by atomic mass is 32.2. The molecule has 5 nitrogen and oxygen atoms in total. The van der Waals surface area contributed by atoms with Crippen LogP contribution in [0, 0.1) is 11.8 Å². The molecule has 2 aliphatic heterocycles. The first-order valence-electron chi connectivity index (χ1n) is 7.66. The van der Waals surface area contributed by atoms with Gasteiger partial charge in [0, 0.05) is 22.6 Å². The second-order valence-corrected chi connectivity index (χ2v) is 7.18. The van der Waals surface area contributed by atoms with Crippen LogP contribution in [0.5, 0.6) is 0 Å². The van der Waals surface area contributed by atoms with Crippen molar-refractivity contribution < 1.29 is 14.7 Å². The first-order valence-corrected chi connectivity index (χ1v) is 8.65. The zero-order valence-electron chi connectivity index (χ0n) is 13.1. The molecular formula is C17H20N2O3S. The van der Waals surface area contributed by atoms with Gasteiger partial charge in [-0.3, -0.25) is 4.79 Å². The first kappa shape index (κ1) is 16.1. The molecule has 122 valence electrons. The van der Waals surface area contributed by atoms with Gasteiger partial charge in [0.1, 0.15) is 5.70 Å². The number of amides is 1. The lowest BCUT2D eigenvalue weighted by Crippen LogP contribution is -2.65. The SMILES string of the molecule is C[C@@H](N)[C@@H]1C(=O)N2C(C(=O)O)=C(SCc3ccccc3)[C@H](C)[C@H]12. The average molecular weight is 332 g/mol. The van der Waals surface area contributed by atoms with E-state index >= 15 is 0 Å². The molecule has 3 N–H and O–H groups in total. The molecule has 0 radical (unpaired) electrons. The molecule has 1 saturated heterocycles. The van der Waals surface area contributed by atoms with Crippen molar-refractivity contribution in [3.63, 3.8) is 0 Å². The number of fused-ring (bicyclic) bond motifs is 1. The van der Waals surface area contributed by atoms with Crippen LogP contribution in [0.1, 0.15) is 19.4 Å². The van der Waals surface area contributed by atoms with E-state index in [2.05, 4.69) is 0 Å². The standard InChI is InChI=1S/C17H20N2O3S/c1-9-13-12(10(2)18)16(20)19(13)14(17(21)22)15(9)23-8-11-6-4-3-5-7-11/h3-7,9-10,12-13H,8,18H2,1-2H3,(H,21,22)/t9-,10-,12+,13-/m1/s1. The number of hydrogen-bond acceptors (Lipinski definition) is 4. The van der Waals surface area contributed by atoms with Crippen LogP contribution in [-0.2, 0) is 15.3 Å². The molecule has 0 aliphatic carbocycles.